The summed E-state index contributed by atoms with van der Waals surface area (Å²) in [6.07, 6.45) is 1.70. The fraction of sp³-hybridized carbons (Fsp3) is 0.143. The van der Waals surface area contributed by atoms with Crippen molar-refractivity contribution in [2.45, 2.75) is 6.92 Å². The van der Waals surface area contributed by atoms with Crippen LogP contribution in [0.3, 0.4) is 0 Å². The van der Waals surface area contributed by atoms with E-state index in [0.717, 1.165) is 10.2 Å². The summed E-state index contributed by atoms with van der Waals surface area (Å²) in [4.78, 5) is 7.97. The Kier molecular flexibility index (Phi) is 2.65. The molecule has 4 N–H and O–H groups in total. The Hall–Kier alpha value is -1.10. The summed E-state index contributed by atoms with van der Waals surface area (Å²) in [5, 5.41) is 0. The maximum absolute atomic E-state index is 5.23. The van der Waals surface area contributed by atoms with Gasteiger partial charge in [0.1, 0.15) is 0 Å². The molecule has 0 radical (unpaired) electrons. The Labute approximate surface area is 78.8 Å². The van der Waals surface area contributed by atoms with Crippen molar-refractivity contribution in [3.63, 3.8) is 0 Å². The molecular formula is C7H9BrN4. The smallest absolute Gasteiger partial charge is 0.191 e. The third kappa shape index (κ3) is 2.20. The van der Waals surface area contributed by atoms with Gasteiger partial charge in [0.15, 0.2) is 5.96 Å². The summed E-state index contributed by atoms with van der Waals surface area (Å²) in [5.74, 6) is 0.0398. The van der Waals surface area contributed by atoms with Crippen molar-refractivity contribution in [1.82, 2.24) is 4.98 Å². The van der Waals surface area contributed by atoms with Crippen LogP contribution < -0.4 is 11.5 Å². The zero-order chi connectivity index (χ0) is 9.14. The van der Waals surface area contributed by atoms with E-state index in [1.807, 2.05) is 13.0 Å². The molecule has 0 bridgehead atoms. The third-order valence-corrected chi connectivity index (χ3v) is 1.71. The molecule has 12 heavy (non-hydrogen) atoms. The van der Waals surface area contributed by atoms with Gasteiger partial charge in [0.05, 0.1) is 11.4 Å². The Bertz CT molecular complexity index is 317. The zero-order valence-corrected chi connectivity index (χ0v) is 8.17. The molecule has 4 nitrogen and oxygen atoms in total. The lowest BCUT2D eigenvalue weighted by Crippen LogP contribution is -2.22. The van der Waals surface area contributed by atoms with Crippen molar-refractivity contribution in [1.29, 1.82) is 0 Å². The van der Waals surface area contributed by atoms with Crippen LogP contribution in [0, 0.1) is 6.92 Å². The van der Waals surface area contributed by atoms with Crippen LogP contribution in [-0.2, 0) is 0 Å². The van der Waals surface area contributed by atoms with E-state index in [4.69, 9.17) is 11.5 Å². The van der Waals surface area contributed by atoms with Crippen molar-refractivity contribution < 1.29 is 0 Å². The van der Waals surface area contributed by atoms with E-state index in [9.17, 15) is 0 Å². The number of guanidine groups is 1. The zero-order valence-electron chi connectivity index (χ0n) is 6.58. The number of nitrogens with zero attached hydrogens (tertiary/aromatic N) is 2. The van der Waals surface area contributed by atoms with Crippen LogP contribution in [0.25, 0.3) is 0 Å². The fourth-order valence-electron chi connectivity index (χ4n) is 0.749. The lowest BCUT2D eigenvalue weighted by atomic mass is 10.3. The SMILES string of the molecule is Cc1ncc(Br)cc1N=C(N)N. The normalized spacial score (nSPS) is 9.50. The average molecular weight is 229 g/mol. The molecule has 0 aliphatic rings. The predicted octanol–water partition coefficient (Wildman–Crippen LogP) is 1.06. The Morgan fingerprint density at radius 1 is 1.58 bits per heavy atom. The number of nitrogens with two attached hydrogens (primary N) is 2. The van der Waals surface area contributed by atoms with Crippen molar-refractivity contribution in [3.8, 4) is 0 Å². The summed E-state index contributed by atoms with van der Waals surface area (Å²) in [7, 11) is 0. The van der Waals surface area contributed by atoms with E-state index in [0.29, 0.717) is 5.69 Å². The van der Waals surface area contributed by atoms with E-state index < -0.39 is 0 Å². The van der Waals surface area contributed by atoms with Gasteiger partial charge in [0.2, 0.25) is 0 Å². The van der Waals surface area contributed by atoms with Gasteiger partial charge in [-0.3, -0.25) is 4.98 Å². The van der Waals surface area contributed by atoms with Gasteiger partial charge >= 0.3 is 0 Å². The number of hydrogen-bond donors (Lipinski definition) is 2. The summed E-state index contributed by atoms with van der Waals surface area (Å²) >= 11 is 3.27. The summed E-state index contributed by atoms with van der Waals surface area (Å²) in [6.45, 7) is 1.84. The van der Waals surface area contributed by atoms with Crippen LogP contribution in [0.4, 0.5) is 5.69 Å². The standard InChI is InChI=1S/C7H9BrN4/c1-4-6(12-7(9)10)2-5(8)3-11-4/h2-3H,1H3,(H4,9,10,12). The molecule has 0 fully saturated rings. The number of aromatic nitrogens is 1. The minimum absolute atomic E-state index is 0.0398. The molecule has 0 aliphatic carbocycles. The maximum atomic E-state index is 5.23. The van der Waals surface area contributed by atoms with Gasteiger partial charge in [-0.1, -0.05) is 0 Å². The van der Waals surface area contributed by atoms with Crippen molar-refractivity contribution in [2.24, 2.45) is 16.5 Å². The van der Waals surface area contributed by atoms with Gasteiger partial charge < -0.3 is 11.5 Å². The second-order valence-electron chi connectivity index (χ2n) is 2.29. The minimum atomic E-state index is 0.0398. The van der Waals surface area contributed by atoms with Crippen molar-refractivity contribution in [3.05, 3.63) is 22.4 Å². The van der Waals surface area contributed by atoms with E-state index in [2.05, 4.69) is 25.9 Å². The molecule has 0 aromatic carbocycles. The monoisotopic (exact) mass is 228 g/mol. The first-order valence-electron chi connectivity index (χ1n) is 3.31. The molecule has 0 atom stereocenters. The molecule has 0 saturated carbocycles. The highest BCUT2D eigenvalue weighted by atomic mass is 79.9. The topological polar surface area (TPSA) is 77.3 Å². The van der Waals surface area contributed by atoms with Gasteiger partial charge in [-0.15, -0.1) is 0 Å². The van der Waals surface area contributed by atoms with E-state index in [1.165, 1.54) is 0 Å². The number of aryl methyl sites for hydroxylation is 1. The molecule has 0 amide bonds. The number of hydrogen-bond acceptors (Lipinski definition) is 2. The average Bonchev–Trinajstić information content (AvgIpc) is 1.96. The van der Waals surface area contributed by atoms with Gasteiger partial charge in [-0.25, -0.2) is 4.99 Å². The summed E-state index contributed by atoms with van der Waals surface area (Å²) < 4.78 is 0.855. The van der Waals surface area contributed by atoms with E-state index in [1.54, 1.807) is 6.20 Å². The Morgan fingerprint density at radius 2 is 2.25 bits per heavy atom. The second-order valence-corrected chi connectivity index (χ2v) is 3.21. The third-order valence-electron chi connectivity index (χ3n) is 1.28. The van der Waals surface area contributed by atoms with Crippen LogP contribution in [0.1, 0.15) is 5.69 Å². The van der Waals surface area contributed by atoms with Gasteiger partial charge in [0.25, 0.3) is 0 Å². The van der Waals surface area contributed by atoms with Crippen LogP contribution >= 0.6 is 15.9 Å². The first-order valence-corrected chi connectivity index (χ1v) is 4.10. The van der Waals surface area contributed by atoms with Crippen molar-refractivity contribution in [2.75, 3.05) is 0 Å². The number of pyridine rings is 1. The minimum Gasteiger partial charge on any atom is -0.370 e. The molecule has 1 aromatic rings. The largest absolute Gasteiger partial charge is 0.370 e. The molecule has 1 heterocycles. The Balaban J connectivity index is 3.14. The molecule has 1 rings (SSSR count). The van der Waals surface area contributed by atoms with Crippen LogP contribution in [0.5, 0.6) is 0 Å². The van der Waals surface area contributed by atoms with Gasteiger partial charge in [-0.05, 0) is 28.9 Å². The summed E-state index contributed by atoms with van der Waals surface area (Å²) in [6, 6.07) is 1.81. The molecule has 0 spiro atoms. The van der Waals surface area contributed by atoms with E-state index in [-0.39, 0.29) is 5.96 Å². The van der Waals surface area contributed by atoms with Gasteiger partial charge in [0, 0.05) is 10.7 Å². The molecule has 0 unspecified atom stereocenters. The van der Waals surface area contributed by atoms with E-state index >= 15 is 0 Å². The van der Waals surface area contributed by atoms with Crippen LogP contribution in [-0.4, -0.2) is 10.9 Å². The molecule has 64 valence electrons. The van der Waals surface area contributed by atoms with Crippen molar-refractivity contribution >= 4 is 27.6 Å². The molecule has 1 aromatic heterocycles. The first-order chi connectivity index (χ1) is 5.59. The highest BCUT2D eigenvalue weighted by molar-refractivity contribution is 9.10. The number of halogens is 1. The summed E-state index contributed by atoms with van der Waals surface area (Å²) in [5.41, 5.74) is 11.9. The highest BCUT2D eigenvalue weighted by Gasteiger charge is 1.98. The molecule has 5 heteroatoms. The molecule has 0 aliphatic heterocycles. The molecular weight excluding hydrogens is 220 g/mol. The maximum Gasteiger partial charge on any atom is 0.191 e. The second kappa shape index (κ2) is 3.53. The van der Waals surface area contributed by atoms with Crippen LogP contribution in [0.2, 0.25) is 0 Å². The van der Waals surface area contributed by atoms with Crippen LogP contribution in [0.15, 0.2) is 21.7 Å². The first kappa shape index (κ1) is 8.99. The highest BCUT2D eigenvalue weighted by Crippen LogP contribution is 2.20. The fourth-order valence-corrected chi connectivity index (χ4v) is 1.07. The quantitative estimate of drug-likeness (QED) is 0.558. The lowest BCUT2D eigenvalue weighted by Gasteiger charge is -1.99. The lowest BCUT2D eigenvalue weighted by molar-refractivity contribution is 1.17. The number of rotatable bonds is 1. The van der Waals surface area contributed by atoms with Gasteiger partial charge in [-0.2, -0.15) is 0 Å². The number of aliphatic imine (C=N–C) groups is 1. The predicted molar refractivity (Wildman–Crippen MR) is 52.1 cm³/mol. The Morgan fingerprint density at radius 3 is 2.83 bits per heavy atom. The molecule has 0 saturated heterocycles.